The van der Waals surface area contributed by atoms with Gasteiger partial charge in [-0.2, -0.15) is 5.10 Å². The van der Waals surface area contributed by atoms with Gasteiger partial charge in [0.05, 0.1) is 18.3 Å². The summed E-state index contributed by atoms with van der Waals surface area (Å²) in [5.41, 5.74) is 4.41. The highest BCUT2D eigenvalue weighted by molar-refractivity contribution is 9.10. The third kappa shape index (κ3) is 4.47. The summed E-state index contributed by atoms with van der Waals surface area (Å²) in [6.45, 7) is 1.87. The van der Waals surface area contributed by atoms with E-state index in [-0.39, 0.29) is 5.91 Å². The molecule has 0 spiro atoms. The second kappa shape index (κ2) is 7.81. The van der Waals surface area contributed by atoms with Crippen molar-refractivity contribution in [1.29, 1.82) is 0 Å². The molecule has 0 fully saturated rings. The SMILES string of the molecule is COc1c(Cl)cc(Br)cc1/C=N\NC(=O)c1ccc(C)c(Cl)c1. The topological polar surface area (TPSA) is 50.7 Å². The quantitative estimate of drug-likeness (QED) is 0.573. The number of hydrazone groups is 1. The van der Waals surface area contributed by atoms with E-state index in [4.69, 9.17) is 27.9 Å². The summed E-state index contributed by atoms with van der Waals surface area (Å²) in [4.78, 5) is 12.0. The van der Waals surface area contributed by atoms with Gasteiger partial charge < -0.3 is 4.74 Å². The number of methoxy groups -OCH3 is 1. The largest absolute Gasteiger partial charge is 0.495 e. The van der Waals surface area contributed by atoms with Gasteiger partial charge in [-0.1, -0.05) is 45.2 Å². The third-order valence-electron chi connectivity index (χ3n) is 3.04. The lowest BCUT2D eigenvalue weighted by atomic mass is 10.1. The number of aryl methyl sites for hydroxylation is 1. The molecule has 0 aliphatic heterocycles. The summed E-state index contributed by atoms with van der Waals surface area (Å²) in [5.74, 6) is 0.120. The monoisotopic (exact) mass is 414 g/mol. The van der Waals surface area contributed by atoms with Crippen LogP contribution in [0.5, 0.6) is 5.75 Å². The van der Waals surface area contributed by atoms with Crippen molar-refractivity contribution in [3.63, 3.8) is 0 Å². The second-order valence-corrected chi connectivity index (χ2v) is 6.40. The summed E-state index contributed by atoms with van der Waals surface area (Å²) < 4.78 is 6.01. The van der Waals surface area contributed by atoms with E-state index >= 15 is 0 Å². The Hall–Kier alpha value is -1.56. The Kier molecular flexibility index (Phi) is 6.04. The van der Waals surface area contributed by atoms with Crippen LogP contribution in [-0.2, 0) is 0 Å². The van der Waals surface area contributed by atoms with Crippen molar-refractivity contribution in [2.24, 2.45) is 5.10 Å². The van der Waals surface area contributed by atoms with E-state index in [9.17, 15) is 4.79 Å². The molecule has 4 nitrogen and oxygen atoms in total. The van der Waals surface area contributed by atoms with Crippen LogP contribution in [0.1, 0.15) is 21.5 Å². The number of carbonyl (C=O) groups excluding carboxylic acids is 1. The number of nitrogens with one attached hydrogen (secondary N) is 1. The fourth-order valence-corrected chi connectivity index (χ4v) is 2.94. The Morgan fingerprint density at radius 2 is 2.00 bits per heavy atom. The fraction of sp³-hybridized carbons (Fsp3) is 0.125. The molecule has 120 valence electrons. The molecule has 2 aromatic carbocycles. The number of amides is 1. The van der Waals surface area contributed by atoms with Crippen molar-refractivity contribution < 1.29 is 9.53 Å². The summed E-state index contributed by atoms with van der Waals surface area (Å²) in [7, 11) is 1.51. The molecule has 1 amide bonds. The molecule has 2 rings (SSSR count). The van der Waals surface area contributed by atoms with Crippen LogP contribution in [0.15, 0.2) is 39.9 Å². The molecule has 0 radical (unpaired) electrons. The van der Waals surface area contributed by atoms with E-state index in [2.05, 4.69) is 26.5 Å². The Bertz CT molecular complexity index is 779. The summed E-state index contributed by atoms with van der Waals surface area (Å²) in [5, 5.41) is 4.91. The molecule has 0 saturated carbocycles. The maximum absolute atomic E-state index is 12.0. The van der Waals surface area contributed by atoms with Crippen LogP contribution < -0.4 is 10.2 Å². The van der Waals surface area contributed by atoms with Crippen molar-refractivity contribution >= 4 is 51.3 Å². The standard InChI is InChI=1S/C16H13BrCl2N2O2/c1-9-3-4-10(6-13(9)18)16(22)21-20-8-11-5-12(17)7-14(19)15(11)23-2/h3-8H,1-2H3,(H,21,22)/b20-8-. The van der Waals surface area contributed by atoms with Crippen LogP contribution in [0, 0.1) is 6.92 Å². The van der Waals surface area contributed by atoms with Gasteiger partial charge in [0, 0.05) is 20.6 Å². The van der Waals surface area contributed by atoms with Crippen molar-refractivity contribution in [3.05, 3.63) is 61.5 Å². The van der Waals surface area contributed by atoms with Gasteiger partial charge in [-0.05, 0) is 36.8 Å². The van der Waals surface area contributed by atoms with E-state index in [1.54, 1.807) is 30.3 Å². The van der Waals surface area contributed by atoms with Crippen LogP contribution in [0.25, 0.3) is 0 Å². The summed E-state index contributed by atoms with van der Waals surface area (Å²) in [6.07, 6.45) is 1.46. The molecule has 0 atom stereocenters. The number of hydrogen-bond donors (Lipinski definition) is 1. The Labute approximate surface area is 152 Å². The van der Waals surface area contributed by atoms with E-state index < -0.39 is 0 Å². The Balaban J connectivity index is 2.15. The highest BCUT2D eigenvalue weighted by Gasteiger charge is 2.09. The Morgan fingerprint density at radius 1 is 1.26 bits per heavy atom. The molecular weight excluding hydrogens is 403 g/mol. The zero-order valence-electron chi connectivity index (χ0n) is 12.4. The van der Waals surface area contributed by atoms with Crippen molar-refractivity contribution in [3.8, 4) is 5.75 Å². The first kappa shape index (κ1) is 17.8. The normalized spacial score (nSPS) is 10.8. The van der Waals surface area contributed by atoms with Gasteiger partial charge in [-0.25, -0.2) is 5.43 Å². The maximum atomic E-state index is 12.0. The molecule has 0 heterocycles. The van der Waals surface area contributed by atoms with Gasteiger partial charge in [-0.15, -0.1) is 0 Å². The molecule has 0 saturated heterocycles. The second-order valence-electron chi connectivity index (χ2n) is 4.67. The molecule has 2 aromatic rings. The first-order valence-electron chi connectivity index (χ1n) is 6.55. The highest BCUT2D eigenvalue weighted by Crippen LogP contribution is 2.31. The van der Waals surface area contributed by atoms with Crippen LogP contribution in [0.2, 0.25) is 10.0 Å². The third-order valence-corrected chi connectivity index (χ3v) is 4.19. The molecule has 0 unspecified atom stereocenters. The van der Waals surface area contributed by atoms with Crippen molar-refractivity contribution in [2.75, 3.05) is 7.11 Å². The Morgan fingerprint density at radius 3 is 2.65 bits per heavy atom. The van der Waals surface area contributed by atoms with Crippen LogP contribution >= 0.6 is 39.1 Å². The zero-order valence-corrected chi connectivity index (χ0v) is 15.5. The van der Waals surface area contributed by atoms with Gasteiger partial charge >= 0.3 is 0 Å². The van der Waals surface area contributed by atoms with Crippen LogP contribution in [-0.4, -0.2) is 19.2 Å². The predicted octanol–water partition coefficient (Wildman–Crippen LogP) is 4.84. The molecule has 0 aromatic heterocycles. The average Bonchev–Trinajstić information content (AvgIpc) is 2.49. The number of rotatable bonds is 4. The minimum absolute atomic E-state index is 0.358. The molecule has 1 N–H and O–H groups in total. The molecule has 23 heavy (non-hydrogen) atoms. The number of ether oxygens (including phenoxy) is 1. The minimum atomic E-state index is -0.358. The fourth-order valence-electron chi connectivity index (χ4n) is 1.85. The lowest BCUT2D eigenvalue weighted by molar-refractivity contribution is 0.0955. The predicted molar refractivity (Wildman–Crippen MR) is 97.0 cm³/mol. The highest BCUT2D eigenvalue weighted by atomic mass is 79.9. The van der Waals surface area contributed by atoms with Gasteiger partial charge in [0.25, 0.3) is 5.91 Å². The van der Waals surface area contributed by atoms with Gasteiger partial charge in [0.1, 0.15) is 5.75 Å². The zero-order chi connectivity index (χ0) is 17.0. The first-order chi connectivity index (χ1) is 10.9. The van der Waals surface area contributed by atoms with Crippen molar-refractivity contribution in [1.82, 2.24) is 5.43 Å². The van der Waals surface area contributed by atoms with E-state index in [0.29, 0.717) is 26.9 Å². The lowest BCUT2D eigenvalue weighted by Gasteiger charge is -2.07. The molecule has 0 aliphatic rings. The van der Waals surface area contributed by atoms with Gasteiger partial charge in [0.2, 0.25) is 0 Å². The number of nitrogens with zero attached hydrogens (tertiary/aromatic N) is 1. The van der Waals surface area contributed by atoms with E-state index in [0.717, 1.165) is 10.0 Å². The number of halogens is 3. The maximum Gasteiger partial charge on any atom is 0.271 e. The minimum Gasteiger partial charge on any atom is -0.495 e. The summed E-state index contributed by atoms with van der Waals surface area (Å²) in [6, 6.07) is 8.55. The van der Waals surface area contributed by atoms with Crippen LogP contribution in [0.4, 0.5) is 0 Å². The van der Waals surface area contributed by atoms with E-state index in [1.165, 1.54) is 13.3 Å². The molecule has 0 aliphatic carbocycles. The van der Waals surface area contributed by atoms with Crippen LogP contribution in [0.3, 0.4) is 0 Å². The van der Waals surface area contributed by atoms with Gasteiger partial charge in [0.15, 0.2) is 0 Å². The smallest absolute Gasteiger partial charge is 0.271 e. The molecular formula is C16H13BrCl2N2O2. The number of carbonyl (C=O) groups is 1. The lowest BCUT2D eigenvalue weighted by Crippen LogP contribution is -2.17. The average molecular weight is 416 g/mol. The molecule has 0 bridgehead atoms. The van der Waals surface area contributed by atoms with E-state index in [1.807, 2.05) is 6.92 Å². The first-order valence-corrected chi connectivity index (χ1v) is 8.10. The number of benzene rings is 2. The van der Waals surface area contributed by atoms with Crippen molar-refractivity contribution in [2.45, 2.75) is 6.92 Å². The molecule has 7 heteroatoms. The van der Waals surface area contributed by atoms with Gasteiger partial charge in [-0.3, -0.25) is 4.79 Å². The summed E-state index contributed by atoms with van der Waals surface area (Å²) >= 11 is 15.4. The number of hydrogen-bond acceptors (Lipinski definition) is 3.